The van der Waals surface area contributed by atoms with E-state index in [0.717, 1.165) is 11.1 Å². The molecule has 0 bridgehead atoms. The molecule has 0 atom stereocenters. The molecule has 0 saturated heterocycles. The zero-order valence-corrected chi connectivity index (χ0v) is 13.1. The molecule has 1 aromatic carbocycles. The smallest absolute Gasteiger partial charge is 0.407 e. The number of benzene rings is 1. The van der Waals surface area contributed by atoms with E-state index in [1.54, 1.807) is 6.92 Å². The highest BCUT2D eigenvalue weighted by Gasteiger charge is 2.14. The summed E-state index contributed by atoms with van der Waals surface area (Å²) in [6.07, 6.45) is 3.76. The maximum Gasteiger partial charge on any atom is 0.407 e. The third-order valence-corrected chi connectivity index (χ3v) is 2.48. The van der Waals surface area contributed by atoms with Gasteiger partial charge in [0.05, 0.1) is 0 Å². The lowest BCUT2D eigenvalue weighted by molar-refractivity contribution is -0.116. The van der Waals surface area contributed by atoms with Crippen molar-refractivity contribution in [2.75, 3.05) is 6.54 Å². The molecule has 0 unspecified atom stereocenters. The fraction of sp³-hybridized carbons (Fsp3) is 0.412. The quantitative estimate of drug-likeness (QED) is 0.904. The van der Waals surface area contributed by atoms with Crippen LogP contribution in [0.4, 0.5) is 4.79 Å². The molecule has 0 aliphatic carbocycles. The van der Waals surface area contributed by atoms with Gasteiger partial charge in [0, 0.05) is 13.0 Å². The molecule has 0 spiro atoms. The van der Waals surface area contributed by atoms with Crippen molar-refractivity contribution in [2.45, 2.75) is 39.7 Å². The number of carbonyl (C=O) groups excluding carboxylic acids is 2. The van der Waals surface area contributed by atoms with Crippen molar-refractivity contribution in [3.05, 3.63) is 41.5 Å². The number of amides is 1. The monoisotopic (exact) mass is 289 g/mol. The van der Waals surface area contributed by atoms with Crippen molar-refractivity contribution in [1.82, 2.24) is 5.32 Å². The van der Waals surface area contributed by atoms with Gasteiger partial charge in [0.2, 0.25) is 0 Å². The summed E-state index contributed by atoms with van der Waals surface area (Å²) >= 11 is 0. The van der Waals surface area contributed by atoms with E-state index in [2.05, 4.69) is 5.32 Å². The van der Waals surface area contributed by atoms with E-state index < -0.39 is 11.7 Å². The molecule has 1 aromatic rings. The van der Waals surface area contributed by atoms with Gasteiger partial charge >= 0.3 is 6.09 Å². The lowest BCUT2D eigenvalue weighted by atomic mass is 10.1. The van der Waals surface area contributed by atoms with Gasteiger partial charge in [0.1, 0.15) is 11.4 Å². The van der Waals surface area contributed by atoms with Crippen LogP contribution in [0.25, 0.3) is 6.08 Å². The van der Waals surface area contributed by atoms with Crippen LogP contribution in [0.1, 0.15) is 38.8 Å². The van der Waals surface area contributed by atoms with E-state index >= 15 is 0 Å². The minimum absolute atomic E-state index is 0.141. The molecule has 0 fully saturated rings. The Labute approximate surface area is 126 Å². The molecule has 0 aliphatic rings. The molecular formula is C17H23NO3. The van der Waals surface area contributed by atoms with Gasteiger partial charge in [-0.3, -0.25) is 4.79 Å². The largest absolute Gasteiger partial charge is 0.444 e. The van der Waals surface area contributed by atoms with Gasteiger partial charge < -0.3 is 10.1 Å². The van der Waals surface area contributed by atoms with Crippen LogP contribution < -0.4 is 5.32 Å². The van der Waals surface area contributed by atoms with Gasteiger partial charge in [-0.05, 0) is 38.8 Å². The molecule has 0 saturated carbocycles. The fourth-order valence-corrected chi connectivity index (χ4v) is 1.75. The van der Waals surface area contributed by atoms with Crippen LogP contribution in [0.15, 0.2) is 30.3 Å². The van der Waals surface area contributed by atoms with E-state index in [9.17, 15) is 9.59 Å². The van der Waals surface area contributed by atoms with E-state index in [4.69, 9.17) is 4.74 Å². The summed E-state index contributed by atoms with van der Waals surface area (Å²) < 4.78 is 5.13. The average molecular weight is 289 g/mol. The summed E-state index contributed by atoms with van der Waals surface area (Å²) in [4.78, 5) is 22.5. The highest BCUT2D eigenvalue weighted by Crippen LogP contribution is 2.08. The molecule has 0 heterocycles. The third-order valence-electron chi connectivity index (χ3n) is 2.48. The van der Waals surface area contributed by atoms with Gasteiger partial charge in [-0.2, -0.15) is 0 Å². The van der Waals surface area contributed by atoms with Crippen LogP contribution in [0, 0.1) is 0 Å². The predicted molar refractivity (Wildman–Crippen MR) is 84.1 cm³/mol. The number of ketones is 1. The van der Waals surface area contributed by atoms with Crippen molar-refractivity contribution in [2.24, 2.45) is 0 Å². The zero-order chi connectivity index (χ0) is 15.9. The summed E-state index contributed by atoms with van der Waals surface area (Å²) in [5, 5.41) is 2.65. The minimum Gasteiger partial charge on any atom is -0.444 e. The van der Waals surface area contributed by atoms with E-state index in [0.29, 0.717) is 13.0 Å². The normalized spacial score (nSPS) is 11.4. The van der Waals surface area contributed by atoms with Gasteiger partial charge in [-0.25, -0.2) is 4.79 Å². The third kappa shape index (κ3) is 7.92. The van der Waals surface area contributed by atoms with Crippen LogP contribution >= 0.6 is 0 Å². The molecule has 0 aromatic heterocycles. The van der Waals surface area contributed by atoms with Gasteiger partial charge in [-0.1, -0.05) is 36.4 Å². The molecule has 1 rings (SSSR count). The van der Waals surface area contributed by atoms with Crippen LogP contribution in [0.2, 0.25) is 0 Å². The van der Waals surface area contributed by atoms with Crippen molar-refractivity contribution in [3.8, 4) is 0 Å². The number of ether oxygens (including phenoxy) is 1. The molecule has 4 heteroatoms. The Kier molecular flexibility index (Phi) is 6.15. The number of alkyl carbamates (subject to hydrolysis) is 1. The number of carbonyl (C=O) groups is 2. The van der Waals surface area contributed by atoms with Gasteiger partial charge in [0.15, 0.2) is 0 Å². The summed E-state index contributed by atoms with van der Waals surface area (Å²) in [7, 11) is 0. The zero-order valence-electron chi connectivity index (χ0n) is 13.1. The first-order chi connectivity index (χ1) is 9.76. The summed E-state index contributed by atoms with van der Waals surface area (Å²) in [6, 6.07) is 7.76. The van der Waals surface area contributed by atoms with Crippen LogP contribution in [-0.2, 0) is 16.0 Å². The van der Waals surface area contributed by atoms with Crippen molar-refractivity contribution in [3.63, 3.8) is 0 Å². The number of hydrogen-bond acceptors (Lipinski definition) is 3. The molecule has 114 valence electrons. The minimum atomic E-state index is -0.491. The summed E-state index contributed by atoms with van der Waals surface area (Å²) in [5.41, 5.74) is 1.50. The van der Waals surface area contributed by atoms with Crippen molar-refractivity contribution in [1.29, 1.82) is 0 Å². The molecule has 1 amide bonds. The molecule has 1 N–H and O–H groups in total. The Morgan fingerprint density at radius 2 is 2.00 bits per heavy atom. The summed E-state index contributed by atoms with van der Waals surface area (Å²) in [6.45, 7) is 7.44. The number of hydrogen-bond donors (Lipinski definition) is 1. The molecular weight excluding hydrogens is 266 g/mol. The highest BCUT2D eigenvalue weighted by molar-refractivity contribution is 5.78. The first-order valence-corrected chi connectivity index (χ1v) is 6.98. The Morgan fingerprint density at radius 3 is 2.62 bits per heavy atom. The fourth-order valence-electron chi connectivity index (χ4n) is 1.75. The Balaban J connectivity index is 2.47. The molecule has 0 aliphatic heterocycles. The molecule has 0 radical (unpaired) electrons. The number of Topliss-reactive ketones (excluding diaryl/α,β-unsaturated/α-hetero) is 1. The van der Waals surface area contributed by atoms with Gasteiger partial charge in [0.25, 0.3) is 0 Å². The second-order valence-corrected chi connectivity index (χ2v) is 5.91. The van der Waals surface area contributed by atoms with Crippen LogP contribution in [0.3, 0.4) is 0 Å². The van der Waals surface area contributed by atoms with E-state index in [-0.39, 0.29) is 5.78 Å². The predicted octanol–water partition coefficient (Wildman–Crippen LogP) is 3.36. The van der Waals surface area contributed by atoms with Crippen LogP contribution in [0.5, 0.6) is 0 Å². The Morgan fingerprint density at radius 1 is 1.29 bits per heavy atom. The SMILES string of the molecule is CC(=O)Cc1cccc(C=CCNC(=O)OC(C)(C)C)c1. The Bertz CT molecular complexity index is 527. The second-order valence-electron chi connectivity index (χ2n) is 5.91. The maximum absolute atomic E-state index is 11.4. The topological polar surface area (TPSA) is 55.4 Å². The van der Waals surface area contributed by atoms with Gasteiger partial charge in [-0.15, -0.1) is 0 Å². The lowest BCUT2D eigenvalue weighted by Crippen LogP contribution is -2.32. The first-order valence-electron chi connectivity index (χ1n) is 6.98. The van der Waals surface area contributed by atoms with E-state index in [1.807, 2.05) is 57.2 Å². The molecule has 21 heavy (non-hydrogen) atoms. The van der Waals surface area contributed by atoms with Crippen molar-refractivity contribution >= 4 is 18.0 Å². The first kappa shape index (κ1) is 17.0. The second kappa shape index (κ2) is 7.62. The number of rotatable bonds is 5. The maximum atomic E-state index is 11.4. The van der Waals surface area contributed by atoms with Crippen molar-refractivity contribution < 1.29 is 14.3 Å². The molecule has 4 nitrogen and oxygen atoms in total. The van der Waals surface area contributed by atoms with E-state index in [1.165, 1.54) is 0 Å². The lowest BCUT2D eigenvalue weighted by Gasteiger charge is -2.19. The van der Waals surface area contributed by atoms with Crippen LogP contribution in [-0.4, -0.2) is 24.0 Å². The number of nitrogens with one attached hydrogen (secondary N) is 1. The highest BCUT2D eigenvalue weighted by atomic mass is 16.6. The average Bonchev–Trinajstić information content (AvgIpc) is 2.32. The Hall–Kier alpha value is -2.10. The standard InChI is InChI=1S/C17H23NO3/c1-13(19)11-15-8-5-7-14(12-15)9-6-10-18-16(20)21-17(2,3)4/h5-9,12H,10-11H2,1-4H3,(H,18,20). The summed E-state index contributed by atoms with van der Waals surface area (Å²) in [5.74, 6) is 0.141.